The zero-order valence-corrected chi connectivity index (χ0v) is 29.2. The van der Waals surface area contributed by atoms with Crippen molar-refractivity contribution in [3.63, 3.8) is 0 Å². The predicted octanol–water partition coefficient (Wildman–Crippen LogP) is 5.24. The van der Waals surface area contributed by atoms with Crippen molar-refractivity contribution in [2.24, 2.45) is 5.41 Å². The summed E-state index contributed by atoms with van der Waals surface area (Å²) in [5.41, 5.74) is 0.0661. The second-order valence-corrected chi connectivity index (χ2v) is 12.9. The van der Waals surface area contributed by atoms with Crippen LogP contribution in [0.1, 0.15) is 19.3 Å². The first-order valence-electron chi connectivity index (χ1n) is 16.2. The number of carbonyl (C=O) groups is 2. The van der Waals surface area contributed by atoms with Crippen LogP contribution >= 0.6 is 0 Å². The number of rotatable bonds is 14. The van der Waals surface area contributed by atoms with Crippen molar-refractivity contribution in [1.29, 1.82) is 0 Å². The molecule has 0 bridgehead atoms. The van der Waals surface area contributed by atoms with E-state index in [1.54, 1.807) is 38.6 Å². The molecule has 2 heterocycles. The van der Waals surface area contributed by atoms with Crippen LogP contribution in [-0.2, 0) is 24.7 Å². The molecular formula is C35H38F2N4O10S. The number of benzene rings is 3. The molecule has 0 radical (unpaired) electrons. The summed E-state index contributed by atoms with van der Waals surface area (Å²) >= 11 is 0. The van der Waals surface area contributed by atoms with E-state index in [1.165, 1.54) is 6.07 Å². The lowest BCUT2D eigenvalue weighted by Crippen LogP contribution is -2.37. The second-order valence-electron chi connectivity index (χ2n) is 11.9. The van der Waals surface area contributed by atoms with E-state index in [1.807, 2.05) is 12.1 Å². The quantitative estimate of drug-likeness (QED) is 0.0662. The lowest BCUT2D eigenvalue weighted by Gasteiger charge is -2.26. The smallest absolute Gasteiger partial charge is 0.446 e. The lowest BCUT2D eigenvalue weighted by molar-refractivity contribution is -0.126. The Morgan fingerprint density at radius 1 is 1.02 bits per heavy atom. The van der Waals surface area contributed by atoms with Crippen molar-refractivity contribution >= 4 is 44.9 Å². The maximum absolute atomic E-state index is 14.4. The zero-order valence-electron chi connectivity index (χ0n) is 28.4. The third kappa shape index (κ3) is 10.0. The topological polar surface area (TPSA) is 175 Å². The van der Waals surface area contributed by atoms with E-state index < -0.39 is 39.1 Å². The van der Waals surface area contributed by atoms with Crippen LogP contribution in [0.25, 0.3) is 10.9 Å². The maximum atomic E-state index is 14.4. The van der Waals surface area contributed by atoms with Crippen molar-refractivity contribution in [1.82, 2.24) is 9.88 Å². The summed E-state index contributed by atoms with van der Waals surface area (Å²) in [7, 11) is -1.54. The van der Waals surface area contributed by atoms with E-state index in [0.29, 0.717) is 65.6 Å². The first-order chi connectivity index (χ1) is 24.9. The van der Waals surface area contributed by atoms with E-state index in [9.17, 15) is 26.8 Å². The number of aromatic nitrogens is 1. The summed E-state index contributed by atoms with van der Waals surface area (Å²) in [6.45, 7) is 5.04. The molecule has 1 amide bonds. The van der Waals surface area contributed by atoms with Gasteiger partial charge in [-0.05, 0) is 55.7 Å². The summed E-state index contributed by atoms with van der Waals surface area (Å²) in [5.74, 6) is -0.667. The van der Waals surface area contributed by atoms with E-state index >= 15 is 0 Å². The Morgan fingerprint density at radius 2 is 1.79 bits per heavy atom. The Kier molecular flexibility index (Phi) is 12.4. The molecule has 3 aromatic carbocycles. The Bertz CT molecular complexity index is 2010. The molecule has 6 rings (SSSR count). The van der Waals surface area contributed by atoms with Crippen molar-refractivity contribution < 1.29 is 54.5 Å². The number of carbonyl (C=O) groups excluding carboxylic acids is 2. The van der Waals surface area contributed by atoms with Crippen LogP contribution in [0.2, 0.25) is 0 Å². The van der Waals surface area contributed by atoms with Gasteiger partial charge in [0.2, 0.25) is 5.91 Å². The Labute approximate surface area is 298 Å². The van der Waals surface area contributed by atoms with Gasteiger partial charge < -0.3 is 38.6 Å². The average Bonchev–Trinajstić information content (AvgIpc) is 3.94. The van der Waals surface area contributed by atoms with Gasteiger partial charge in [0.25, 0.3) is 0 Å². The second kappa shape index (κ2) is 16.9. The van der Waals surface area contributed by atoms with Gasteiger partial charge in [-0.2, -0.15) is 8.42 Å². The molecule has 4 aromatic rings. The molecule has 1 aliphatic heterocycles. The molecule has 1 aliphatic carbocycles. The van der Waals surface area contributed by atoms with Gasteiger partial charge in [0.05, 0.1) is 38.1 Å². The highest BCUT2D eigenvalue weighted by Crippen LogP contribution is 2.45. The molecule has 17 heteroatoms. The maximum Gasteiger partial charge on any atom is 0.446 e. The molecule has 1 aromatic heterocycles. The summed E-state index contributed by atoms with van der Waals surface area (Å²) in [6, 6.07) is 12.8. The number of hydrogen-bond acceptors (Lipinski definition) is 12. The van der Waals surface area contributed by atoms with Gasteiger partial charge in [-0.1, -0.05) is 0 Å². The molecule has 0 atom stereocenters. The molecule has 14 nitrogen and oxygen atoms in total. The number of aldehydes is 1. The van der Waals surface area contributed by atoms with E-state index in [2.05, 4.69) is 24.7 Å². The van der Waals surface area contributed by atoms with Crippen LogP contribution in [0.3, 0.4) is 0 Å². The zero-order chi connectivity index (χ0) is 37.3. The average molecular weight is 745 g/mol. The fourth-order valence-electron chi connectivity index (χ4n) is 5.20. The molecule has 1 saturated carbocycles. The van der Waals surface area contributed by atoms with Crippen molar-refractivity contribution in [3.8, 4) is 28.7 Å². The highest BCUT2D eigenvalue weighted by Gasteiger charge is 2.50. The lowest BCUT2D eigenvalue weighted by atomic mass is 10.1. The molecule has 2 fully saturated rings. The fourth-order valence-corrected chi connectivity index (χ4v) is 5.57. The van der Waals surface area contributed by atoms with E-state index in [4.69, 9.17) is 23.5 Å². The Morgan fingerprint density at radius 3 is 2.44 bits per heavy atom. The Hall–Kier alpha value is -5.10. The SMILES string of the molecule is CNc1ccc(Oc2ccnc3cc(OCCCN4CCOCC4)c(OC)cc23)c(F)c1.O=CC1(C(=O)Nc2ccc(F)cc2OS(=O)(=O)O)CC1. The minimum Gasteiger partial charge on any atom is -0.493 e. The molecule has 0 spiro atoms. The van der Waals surface area contributed by atoms with Crippen LogP contribution < -0.4 is 29.0 Å². The fraction of sp³-hybridized carbons (Fsp3) is 0.343. The van der Waals surface area contributed by atoms with Gasteiger partial charge in [0, 0.05) is 62.2 Å². The number of hydrogen-bond donors (Lipinski definition) is 3. The minimum absolute atomic E-state index is 0.138. The van der Waals surface area contributed by atoms with Crippen molar-refractivity contribution in [2.45, 2.75) is 19.3 Å². The van der Waals surface area contributed by atoms with Gasteiger partial charge in [0.15, 0.2) is 28.8 Å². The van der Waals surface area contributed by atoms with Crippen LogP contribution in [0.15, 0.2) is 60.8 Å². The normalized spacial score (nSPS) is 15.1. The van der Waals surface area contributed by atoms with E-state index in [-0.39, 0.29) is 11.4 Å². The third-order valence-electron chi connectivity index (χ3n) is 8.26. The largest absolute Gasteiger partial charge is 0.493 e. The number of nitrogens with one attached hydrogen (secondary N) is 2. The molecule has 52 heavy (non-hydrogen) atoms. The highest BCUT2D eigenvalue weighted by molar-refractivity contribution is 7.81. The Balaban J connectivity index is 0.000000225. The van der Waals surface area contributed by atoms with Gasteiger partial charge in [-0.15, -0.1) is 0 Å². The number of nitrogens with zero attached hydrogens (tertiary/aromatic N) is 2. The summed E-state index contributed by atoms with van der Waals surface area (Å²) in [5, 5.41) is 5.89. The van der Waals surface area contributed by atoms with Crippen molar-refractivity contribution in [2.75, 3.05) is 64.2 Å². The molecule has 1 saturated heterocycles. The number of morpholine rings is 1. The van der Waals surface area contributed by atoms with Gasteiger partial charge in [-0.25, -0.2) is 8.78 Å². The molecule has 2 aliphatic rings. The van der Waals surface area contributed by atoms with Gasteiger partial charge in [-0.3, -0.25) is 19.2 Å². The summed E-state index contributed by atoms with van der Waals surface area (Å²) in [4.78, 5) is 29.4. The van der Waals surface area contributed by atoms with Crippen molar-refractivity contribution in [3.05, 3.63) is 72.4 Å². The van der Waals surface area contributed by atoms with Crippen LogP contribution in [0.4, 0.5) is 20.2 Å². The number of ether oxygens (including phenoxy) is 4. The van der Waals surface area contributed by atoms with E-state index in [0.717, 1.165) is 51.4 Å². The third-order valence-corrected chi connectivity index (χ3v) is 8.65. The summed E-state index contributed by atoms with van der Waals surface area (Å²) < 4.78 is 84.3. The van der Waals surface area contributed by atoms with Crippen LogP contribution in [0, 0.1) is 17.0 Å². The monoisotopic (exact) mass is 744 g/mol. The van der Waals surface area contributed by atoms with Crippen LogP contribution in [0.5, 0.6) is 28.7 Å². The standard InChI is InChI=1S/C24H28FN3O4.C11H10FNO6S/c1-26-17-4-5-22(19(25)14-17)32-21-6-7-27-20-16-24(23(29-2)15-18(20)21)31-11-3-8-28-9-12-30-13-10-28;12-7-1-2-8(9(5-7)19-20(16,17)18)13-10(15)11(6-14)3-4-11/h4-7,14-16,26H,3,8-13H2,1-2H3;1-2,5-6H,3-4H2,(H,13,15)(H,16,17,18). The number of amides is 1. The van der Waals surface area contributed by atoms with Gasteiger partial charge in [0.1, 0.15) is 23.3 Å². The van der Waals surface area contributed by atoms with Gasteiger partial charge >= 0.3 is 10.4 Å². The predicted molar refractivity (Wildman–Crippen MR) is 187 cm³/mol. The highest BCUT2D eigenvalue weighted by atomic mass is 32.3. The number of fused-ring (bicyclic) bond motifs is 1. The first-order valence-corrected chi connectivity index (χ1v) is 17.6. The molecule has 278 valence electrons. The molecular weight excluding hydrogens is 706 g/mol. The minimum atomic E-state index is -4.87. The molecule has 3 N–H and O–H groups in total. The number of methoxy groups -OCH3 is 1. The number of pyridine rings is 1. The first kappa shape index (κ1) is 38.1. The summed E-state index contributed by atoms with van der Waals surface area (Å²) in [6.07, 6.45) is 3.82. The number of anilines is 2. The molecule has 0 unspecified atom stereocenters. The van der Waals surface area contributed by atoms with Crippen LogP contribution in [-0.4, -0.2) is 88.7 Å². The number of halogens is 2.